The van der Waals surface area contributed by atoms with Crippen molar-refractivity contribution in [2.45, 2.75) is 11.3 Å². The summed E-state index contributed by atoms with van der Waals surface area (Å²) < 4.78 is 36.9. The smallest absolute Gasteiger partial charge is 0.312 e. The van der Waals surface area contributed by atoms with E-state index in [1.165, 1.54) is 28.6 Å². The molecule has 3 aromatic rings. The molecule has 12 heteroatoms. The first-order chi connectivity index (χ1) is 16.3. The third kappa shape index (κ3) is 5.30. The second kappa shape index (κ2) is 10.1. The van der Waals surface area contributed by atoms with Crippen molar-refractivity contribution in [2.75, 3.05) is 38.2 Å². The molecule has 0 radical (unpaired) electrons. The maximum absolute atomic E-state index is 12.6. The third-order valence-electron chi connectivity index (χ3n) is 5.20. The van der Waals surface area contributed by atoms with E-state index < -0.39 is 28.5 Å². The van der Waals surface area contributed by atoms with E-state index in [0.29, 0.717) is 35.4 Å². The summed E-state index contributed by atoms with van der Waals surface area (Å²) in [5.41, 5.74) is 0.323. The summed E-state index contributed by atoms with van der Waals surface area (Å²) in [6.07, 6.45) is -0.224. The number of nitrogens with zero attached hydrogens (tertiary/aromatic N) is 2. The maximum atomic E-state index is 12.6. The van der Waals surface area contributed by atoms with E-state index in [-0.39, 0.29) is 30.0 Å². The van der Waals surface area contributed by atoms with Crippen molar-refractivity contribution in [3.63, 3.8) is 0 Å². The molecular formula is C22H22N4O7S. The predicted octanol–water partition coefficient (Wildman–Crippen LogP) is 0.668. The molecule has 34 heavy (non-hydrogen) atoms. The number of hydrogen-bond acceptors (Lipinski definition) is 8. The van der Waals surface area contributed by atoms with E-state index in [2.05, 4.69) is 15.5 Å². The molecule has 2 aromatic carbocycles. The van der Waals surface area contributed by atoms with Gasteiger partial charge in [-0.15, -0.1) is 0 Å². The van der Waals surface area contributed by atoms with Crippen LogP contribution in [-0.2, 0) is 35.5 Å². The number of esters is 1. The Kier molecular flexibility index (Phi) is 7.01. The number of rotatable bonds is 7. The molecule has 1 aromatic heterocycles. The van der Waals surface area contributed by atoms with Gasteiger partial charge in [-0.2, -0.15) is 9.40 Å². The van der Waals surface area contributed by atoms with Crippen molar-refractivity contribution in [1.82, 2.24) is 14.5 Å². The highest BCUT2D eigenvalue weighted by molar-refractivity contribution is 7.89. The molecule has 0 atom stereocenters. The molecule has 0 saturated carbocycles. The first-order valence-corrected chi connectivity index (χ1v) is 11.9. The molecule has 1 aliphatic rings. The van der Waals surface area contributed by atoms with Crippen LogP contribution in [0.1, 0.15) is 5.69 Å². The van der Waals surface area contributed by atoms with Crippen LogP contribution in [0.2, 0.25) is 0 Å². The van der Waals surface area contributed by atoms with E-state index in [9.17, 15) is 22.8 Å². The maximum Gasteiger partial charge on any atom is 0.312 e. The van der Waals surface area contributed by atoms with Gasteiger partial charge in [-0.05, 0) is 30.3 Å². The number of benzene rings is 2. The van der Waals surface area contributed by atoms with Crippen LogP contribution in [0.4, 0.5) is 5.69 Å². The highest BCUT2D eigenvalue weighted by atomic mass is 32.2. The van der Waals surface area contributed by atoms with E-state index in [1.807, 2.05) is 0 Å². The number of aromatic nitrogens is 2. The first-order valence-electron chi connectivity index (χ1n) is 10.4. The van der Waals surface area contributed by atoms with Crippen molar-refractivity contribution in [1.29, 1.82) is 0 Å². The van der Waals surface area contributed by atoms with Gasteiger partial charge in [-0.1, -0.05) is 18.2 Å². The van der Waals surface area contributed by atoms with Crippen molar-refractivity contribution in [3.8, 4) is 0 Å². The normalized spacial score (nSPS) is 14.6. The van der Waals surface area contributed by atoms with Crippen LogP contribution in [0.15, 0.2) is 58.2 Å². The number of amides is 1. The Balaban J connectivity index is 1.31. The van der Waals surface area contributed by atoms with Crippen LogP contribution >= 0.6 is 0 Å². The second-order valence-electron chi connectivity index (χ2n) is 7.47. The number of sulfonamides is 1. The van der Waals surface area contributed by atoms with Crippen LogP contribution in [0, 0.1) is 0 Å². The molecule has 178 valence electrons. The van der Waals surface area contributed by atoms with Crippen molar-refractivity contribution < 1.29 is 27.5 Å². The minimum Gasteiger partial charge on any atom is -0.455 e. The van der Waals surface area contributed by atoms with Gasteiger partial charge in [0, 0.05) is 24.2 Å². The standard InChI is InChI=1S/C22H22N4O7S/c27-20(14-33-21(28)13-19-17-3-1-2-4-18(17)22(29)25-24-19)23-15-5-7-16(8-6-15)34(30,31)26-9-11-32-12-10-26/h1-8H,9-14H2,(H,23,27)(H,25,29). The Morgan fingerprint density at radius 3 is 2.44 bits per heavy atom. The van der Waals surface area contributed by atoms with Crippen molar-refractivity contribution in [2.24, 2.45) is 0 Å². The number of morpholine rings is 1. The van der Waals surface area contributed by atoms with Gasteiger partial charge in [0.15, 0.2) is 6.61 Å². The number of nitrogens with one attached hydrogen (secondary N) is 2. The zero-order valence-corrected chi connectivity index (χ0v) is 18.8. The second-order valence-corrected chi connectivity index (χ2v) is 9.41. The zero-order valence-electron chi connectivity index (χ0n) is 18.0. The predicted molar refractivity (Wildman–Crippen MR) is 122 cm³/mol. The summed E-state index contributed by atoms with van der Waals surface area (Å²) in [7, 11) is -3.63. The fourth-order valence-corrected chi connectivity index (χ4v) is 4.89. The molecule has 4 rings (SSSR count). The zero-order chi connectivity index (χ0) is 24.1. The van der Waals surface area contributed by atoms with E-state index in [0.717, 1.165) is 0 Å². The minimum absolute atomic E-state index is 0.111. The fraction of sp³-hybridized carbons (Fsp3) is 0.273. The molecule has 2 heterocycles. The van der Waals surface area contributed by atoms with Gasteiger partial charge < -0.3 is 14.8 Å². The van der Waals surface area contributed by atoms with Crippen LogP contribution in [0.5, 0.6) is 0 Å². The number of ether oxygens (including phenoxy) is 2. The topological polar surface area (TPSA) is 148 Å². The lowest BCUT2D eigenvalue weighted by molar-refractivity contribution is -0.146. The number of aromatic amines is 1. The molecule has 1 amide bonds. The Morgan fingerprint density at radius 2 is 1.74 bits per heavy atom. The molecular weight excluding hydrogens is 464 g/mol. The van der Waals surface area contributed by atoms with Gasteiger partial charge in [0.25, 0.3) is 11.5 Å². The summed E-state index contributed by atoms with van der Waals surface area (Å²) in [4.78, 5) is 36.3. The van der Waals surface area contributed by atoms with Crippen LogP contribution in [0.3, 0.4) is 0 Å². The fourth-order valence-electron chi connectivity index (χ4n) is 3.48. The lowest BCUT2D eigenvalue weighted by atomic mass is 10.1. The van der Waals surface area contributed by atoms with E-state index >= 15 is 0 Å². The summed E-state index contributed by atoms with van der Waals surface area (Å²) in [5.74, 6) is -1.27. The quantitative estimate of drug-likeness (QED) is 0.463. The van der Waals surface area contributed by atoms with Crippen LogP contribution in [0.25, 0.3) is 10.8 Å². The molecule has 0 spiro atoms. The van der Waals surface area contributed by atoms with E-state index in [1.54, 1.807) is 24.3 Å². The largest absolute Gasteiger partial charge is 0.455 e. The molecule has 1 aliphatic heterocycles. The minimum atomic E-state index is -3.63. The summed E-state index contributed by atoms with van der Waals surface area (Å²) in [6, 6.07) is 12.5. The van der Waals surface area contributed by atoms with Gasteiger partial charge >= 0.3 is 5.97 Å². The average molecular weight is 487 g/mol. The summed E-state index contributed by atoms with van der Waals surface area (Å²) in [5, 5.41) is 9.72. The molecule has 1 saturated heterocycles. The molecule has 0 aliphatic carbocycles. The Bertz CT molecular complexity index is 1360. The molecule has 11 nitrogen and oxygen atoms in total. The van der Waals surface area contributed by atoms with Crippen LogP contribution < -0.4 is 10.9 Å². The first kappa shape index (κ1) is 23.5. The number of carbonyl (C=O) groups excluding carboxylic acids is 2. The van der Waals surface area contributed by atoms with Gasteiger partial charge in [0.2, 0.25) is 10.0 Å². The Morgan fingerprint density at radius 1 is 1.06 bits per heavy atom. The summed E-state index contributed by atoms with van der Waals surface area (Å²) in [6.45, 7) is 0.738. The van der Waals surface area contributed by atoms with Crippen molar-refractivity contribution in [3.05, 3.63) is 64.6 Å². The third-order valence-corrected chi connectivity index (χ3v) is 7.11. The number of hydrogen-bond donors (Lipinski definition) is 2. The highest BCUT2D eigenvalue weighted by Crippen LogP contribution is 2.19. The van der Waals surface area contributed by atoms with Crippen molar-refractivity contribution >= 4 is 38.4 Å². The lowest BCUT2D eigenvalue weighted by Crippen LogP contribution is -2.40. The molecule has 1 fully saturated rings. The Labute approximate surface area is 194 Å². The number of fused-ring (bicyclic) bond motifs is 1. The SMILES string of the molecule is O=C(COC(=O)Cc1n[nH]c(=O)c2ccccc12)Nc1ccc(S(=O)(=O)N2CCOCC2)cc1. The molecule has 0 unspecified atom stereocenters. The number of anilines is 1. The highest BCUT2D eigenvalue weighted by Gasteiger charge is 2.26. The lowest BCUT2D eigenvalue weighted by Gasteiger charge is -2.26. The molecule has 2 N–H and O–H groups in total. The van der Waals surface area contributed by atoms with Gasteiger partial charge in [-0.25, -0.2) is 13.5 Å². The van der Waals surface area contributed by atoms with Gasteiger partial charge in [-0.3, -0.25) is 14.4 Å². The average Bonchev–Trinajstić information content (AvgIpc) is 2.85. The number of carbonyl (C=O) groups is 2. The monoisotopic (exact) mass is 486 g/mol. The van der Waals surface area contributed by atoms with Gasteiger partial charge in [0.1, 0.15) is 0 Å². The van der Waals surface area contributed by atoms with Gasteiger partial charge in [0.05, 0.1) is 35.6 Å². The molecule has 0 bridgehead atoms. The Hall–Kier alpha value is -3.61. The summed E-state index contributed by atoms with van der Waals surface area (Å²) >= 11 is 0. The van der Waals surface area contributed by atoms with Crippen LogP contribution in [-0.4, -0.2) is 67.7 Å². The number of H-pyrrole nitrogens is 1. The van der Waals surface area contributed by atoms with E-state index in [4.69, 9.17) is 9.47 Å².